The first-order chi connectivity index (χ1) is 9.26. The molecule has 2 aromatic rings. The molecule has 2 aromatic carbocycles. The van der Waals surface area contributed by atoms with Gasteiger partial charge in [0.25, 0.3) is 0 Å². The number of hydrogen-bond acceptors (Lipinski definition) is 2. The third-order valence-corrected chi connectivity index (χ3v) is 3.91. The molecular formula is C17H23NO. The van der Waals surface area contributed by atoms with E-state index in [0.29, 0.717) is 5.75 Å². The van der Waals surface area contributed by atoms with Crippen molar-refractivity contribution in [2.45, 2.75) is 33.2 Å². The molecule has 0 aromatic heterocycles. The summed E-state index contributed by atoms with van der Waals surface area (Å²) in [5.41, 5.74) is 1.00. The van der Waals surface area contributed by atoms with Crippen molar-refractivity contribution >= 4 is 10.8 Å². The van der Waals surface area contributed by atoms with Crippen LogP contribution in [0.1, 0.15) is 32.3 Å². The number of phenols is 1. The van der Waals surface area contributed by atoms with Crippen molar-refractivity contribution in [1.82, 2.24) is 5.32 Å². The first-order valence-corrected chi connectivity index (χ1v) is 7.16. The van der Waals surface area contributed by atoms with E-state index in [-0.39, 0.29) is 0 Å². The Hall–Kier alpha value is -1.54. The van der Waals surface area contributed by atoms with Crippen LogP contribution in [0.25, 0.3) is 10.8 Å². The van der Waals surface area contributed by atoms with E-state index in [1.54, 1.807) is 6.07 Å². The average Bonchev–Trinajstić information content (AvgIpc) is 2.45. The van der Waals surface area contributed by atoms with Crippen molar-refractivity contribution in [3.8, 4) is 5.75 Å². The third kappa shape index (κ3) is 3.27. The molecule has 0 amide bonds. The van der Waals surface area contributed by atoms with Crippen LogP contribution >= 0.6 is 0 Å². The molecule has 2 heteroatoms. The summed E-state index contributed by atoms with van der Waals surface area (Å²) in [5, 5.41) is 15.8. The van der Waals surface area contributed by atoms with Crippen LogP contribution < -0.4 is 5.32 Å². The summed E-state index contributed by atoms with van der Waals surface area (Å²) in [6.45, 7) is 6.19. The maximum atomic E-state index is 10.0. The number of fused-ring (bicyclic) bond motifs is 1. The summed E-state index contributed by atoms with van der Waals surface area (Å²) in [6.07, 6.45) is 2.40. The number of nitrogens with one attached hydrogen (secondary N) is 1. The predicted molar refractivity (Wildman–Crippen MR) is 81.4 cm³/mol. The van der Waals surface area contributed by atoms with Crippen molar-refractivity contribution < 1.29 is 5.11 Å². The Kier molecular flexibility index (Phi) is 4.80. The Bertz CT molecular complexity index is 532. The van der Waals surface area contributed by atoms with Crippen molar-refractivity contribution in [3.63, 3.8) is 0 Å². The van der Waals surface area contributed by atoms with E-state index in [9.17, 15) is 5.11 Å². The fourth-order valence-corrected chi connectivity index (χ4v) is 2.49. The van der Waals surface area contributed by atoms with Crippen molar-refractivity contribution in [2.24, 2.45) is 5.92 Å². The Morgan fingerprint density at radius 1 is 1.05 bits per heavy atom. The van der Waals surface area contributed by atoms with Gasteiger partial charge in [0.2, 0.25) is 0 Å². The van der Waals surface area contributed by atoms with Gasteiger partial charge < -0.3 is 10.4 Å². The molecule has 19 heavy (non-hydrogen) atoms. The monoisotopic (exact) mass is 257 g/mol. The molecule has 0 aliphatic carbocycles. The van der Waals surface area contributed by atoms with E-state index >= 15 is 0 Å². The first kappa shape index (κ1) is 13.9. The Balaban J connectivity index is 2.13. The zero-order valence-electron chi connectivity index (χ0n) is 11.8. The molecule has 0 aliphatic heterocycles. The molecule has 0 radical (unpaired) electrons. The van der Waals surface area contributed by atoms with Gasteiger partial charge in [-0.1, -0.05) is 57.0 Å². The predicted octanol–water partition coefficient (Wildman–Crippen LogP) is 4.07. The van der Waals surface area contributed by atoms with Gasteiger partial charge in [0.15, 0.2) is 0 Å². The van der Waals surface area contributed by atoms with Gasteiger partial charge in [-0.3, -0.25) is 0 Å². The fraction of sp³-hybridized carbons (Fsp3) is 0.412. The Morgan fingerprint density at radius 2 is 1.79 bits per heavy atom. The Labute approximate surface area is 115 Å². The topological polar surface area (TPSA) is 32.3 Å². The summed E-state index contributed by atoms with van der Waals surface area (Å²) in [4.78, 5) is 0. The minimum Gasteiger partial charge on any atom is -0.508 e. The number of aromatic hydroxyl groups is 1. The van der Waals surface area contributed by atoms with Crippen LogP contribution in [-0.2, 0) is 6.54 Å². The molecule has 0 saturated heterocycles. The molecule has 0 heterocycles. The van der Waals surface area contributed by atoms with E-state index in [0.717, 1.165) is 30.0 Å². The van der Waals surface area contributed by atoms with E-state index < -0.39 is 0 Å². The molecule has 0 saturated carbocycles. The second-order valence-corrected chi connectivity index (χ2v) is 5.10. The maximum absolute atomic E-state index is 10.0. The van der Waals surface area contributed by atoms with Crippen LogP contribution in [0.5, 0.6) is 5.75 Å². The highest BCUT2D eigenvalue weighted by atomic mass is 16.3. The molecule has 0 atom stereocenters. The van der Waals surface area contributed by atoms with Crippen molar-refractivity contribution in [3.05, 3.63) is 42.0 Å². The lowest BCUT2D eigenvalue weighted by molar-refractivity contribution is 0.438. The molecule has 0 bridgehead atoms. The molecule has 0 aliphatic rings. The van der Waals surface area contributed by atoms with Gasteiger partial charge in [0.1, 0.15) is 5.75 Å². The normalized spacial score (nSPS) is 11.3. The van der Waals surface area contributed by atoms with E-state index in [1.807, 2.05) is 18.2 Å². The average molecular weight is 257 g/mol. The minimum absolute atomic E-state index is 0.385. The first-order valence-electron chi connectivity index (χ1n) is 7.16. The van der Waals surface area contributed by atoms with Gasteiger partial charge in [-0.05, 0) is 29.3 Å². The van der Waals surface area contributed by atoms with Gasteiger partial charge in [0, 0.05) is 12.1 Å². The van der Waals surface area contributed by atoms with Crippen molar-refractivity contribution in [1.29, 1.82) is 0 Å². The summed E-state index contributed by atoms with van der Waals surface area (Å²) in [6, 6.07) is 12.0. The van der Waals surface area contributed by atoms with E-state index in [1.165, 1.54) is 18.2 Å². The molecule has 2 nitrogen and oxygen atoms in total. The molecule has 0 spiro atoms. The van der Waals surface area contributed by atoms with Gasteiger partial charge in [0.05, 0.1) is 0 Å². The zero-order valence-corrected chi connectivity index (χ0v) is 11.8. The molecule has 2 N–H and O–H groups in total. The smallest absolute Gasteiger partial charge is 0.120 e. The lowest BCUT2D eigenvalue weighted by Crippen LogP contribution is -2.21. The van der Waals surface area contributed by atoms with Crippen molar-refractivity contribution in [2.75, 3.05) is 6.54 Å². The van der Waals surface area contributed by atoms with E-state index in [2.05, 4.69) is 31.3 Å². The molecule has 2 rings (SSSR count). The second-order valence-electron chi connectivity index (χ2n) is 5.10. The largest absolute Gasteiger partial charge is 0.508 e. The van der Waals surface area contributed by atoms with Crippen LogP contribution in [-0.4, -0.2) is 11.7 Å². The number of hydrogen-bond donors (Lipinski definition) is 2. The highest BCUT2D eigenvalue weighted by molar-refractivity contribution is 5.87. The van der Waals surface area contributed by atoms with Crippen LogP contribution in [0, 0.1) is 5.92 Å². The lowest BCUT2D eigenvalue weighted by Gasteiger charge is -2.15. The van der Waals surface area contributed by atoms with Crippen LogP contribution in [0.2, 0.25) is 0 Å². The highest BCUT2D eigenvalue weighted by Crippen LogP contribution is 2.26. The van der Waals surface area contributed by atoms with Gasteiger partial charge in [-0.15, -0.1) is 0 Å². The quantitative estimate of drug-likeness (QED) is 0.817. The molecule has 0 fully saturated rings. The summed E-state index contributed by atoms with van der Waals surface area (Å²) < 4.78 is 0. The number of rotatable bonds is 6. The SMILES string of the molecule is CCC(CC)CNCc1c(O)ccc2ccccc12. The zero-order chi connectivity index (χ0) is 13.7. The van der Waals surface area contributed by atoms with Crippen LogP contribution in [0.15, 0.2) is 36.4 Å². The fourth-order valence-electron chi connectivity index (χ4n) is 2.49. The van der Waals surface area contributed by atoms with Gasteiger partial charge in [-0.2, -0.15) is 0 Å². The maximum Gasteiger partial charge on any atom is 0.120 e. The summed E-state index contributed by atoms with van der Waals surface area (Å²) in [5.74, 6) is 1.10. The van der Waals surface area contributed by atoms with Gasteiger partial charge in [-0.25, -0.2) is 0 Å². The highest BCUT2D eigenvalue weighted by Gasteiger charge is 2.08. The van der Waals surface area contributed by atoms with E-state index in [4.69, 9.17) is 0 Å². The second kappa shape index (κ2) is 6.58. The lowest BCUT2D eigenvalue weighted by atomic mass is 10.0. The Morgan fingerprint density at radius 3 is 2.53 bits per heavy atom. The number of phenolic OH excluding ortho intramolecular Hbond substituents is 1. The number of benzene rings is 2. The molecular weight excluding hydrogens is 234 g/mol. The molecule has 102 valence electrons. The molecule has 0 unspecified atom stereocenters. The minimum atomic E-state index is 0.385. The summed E-state index contributed by atoms with van der Waals surface area (Å²) in [7, 11) is 0. The summed E-state index contributed by atoms with van der Waals surface area (Å²) >= 11 is 0. The van der Waals surface area contributed by atoms with Crippen LogP contribution in [0.4, 0.5) is 0 Å². The standard InChI is InChI=1S/C17H23NO/c1-3-13(4-2)11-18-12-16-15-8-6-5-7-14(15)9-10-17(16)19/h5-10,13,18-19H,3-4,11-12H2,1-2H3. The third-order valence-electron chi connectivity index (χ3n) is 3.91. The van der Waals surface area contributed by atoms with Crippen LogP contribution in [0.3, 0.4) is 0 Å². The van der Waals surface area contributed by atoms with Gasteiger partial charge >= 0.3 is 0 Å².